The van der Waals surface area contributed by atoms with Gasteiger partial charge in [0.15, 0.2) is 5.17 Å². The zero-order valence-corrected chi connectivity index (χ0v) is 12.5. The Morgan fingerprint density at radius 3 is 2.78 bits per heavy atom. The van der Waals surface area contributed by atoms with Crippen molar-refractivity contribution in [3.63, 3.8) is 0 Å². The van der Waals surface area contributed by atoms with E-state index in [0.29, 0.717) is 0 Å². The monoisotopic (exact) mass is 262 g/mol. The Balaban J connectivity index is 2.16. The lowest BCUT2D eigenvalue weighted by molar-refractivity contribution is 0.443. The highest BCUT2D eigenvalue weighted by molar-refractivity contribution is 8.14. The van der Waals surface area contributed by atoms with E-state index in [1.54, 1.807) is 0 Å². The van der Waals surface area contributed by atoms with Crippen LogP contribution in [0.15, 0.2) is 23.2 Å². The summed E-state index contributed by atoms with van der Waals surface area (Å²) < 4.78 is 0. The summed E-state index contributed by atoms with van der Waals surface area (Å²) in [6.07, 6.45) is 2.28. The zero-order valence-electron chi connectivity index (χ0n) is 11.7. The molecular formula is C15H22N2S. The Kier molecular flexibility index (Phi) is 4.00. The Bertz CT molecular complexity index is 468. The fourth-order valence-corrected chi connectivity index (χ4v) is 3.17. The minimum atomic E-state index is 0.118. The van der Waals surface area contributed by atoms with Crippen LogP contribution in [0.4, 0.5) is 5.69 Å². The van der Waals surface area contributed by atoms with Crippen LogP contribution in [0.3, 0.4) is 0 Å². The lowest BCUT2D eigenvalue weighted by atomic mass is 9.97. The van der Waals surface area contributed by atoms with Gasteiger partial charge in [-0.15, -0.1) is 0 Å². The normalized spacial score (nSPS) is 23.7. The van der Waals surface area contributed by atoms with Gasteiger partial charge in [0.1, 0.15) is 0 Å². The van der Waals surface area contributed by atoms with Gasteiger partial charge >= 0.3 is 0 Å². The number of amidine groups is 1. The fourth-order valence-electron chi connectivity index (χ4n) is 1.96. The third-order valence-electron chi connectivity index (χ3n) is 3.77. The minimum absolute atomic E-state index is 0.118. The summed E-state index contributed by atoms with van der Waals surface area (Å²) in [5.41, 5.74) is 3.91. The van der Waals surface area contributed by atoms with Gasteiger partial charge < -0.3 is 5.32 Å². The number of aryl methyl sites for hydroxylation is 2. The molecule has 0 radical (unpaired) electrons. The molecule has 0 saturated carbocycles. The molecule has 0 saturated heterocycles. The molecule has 1 aromatic rings. The molecule has 0 bridgehead atoms. The summed E-state index contributed by atoms with van der Waals surface area (Å²) >= 11 is 1.82. The molecule has 2 rings (SSSR count). The first-order valence-corrected chi connectivity index (χ1v) is 7.58. The van der Waals surface area contributed by atoms with Crippen molar-refractivity contribution < 1.29 is 0 Å². The average molecular weight is 262 g/mol. The van der Waals surface area contributed by atoms with Crippen molar-refractivity contribution in [3.8, 4) is 0 Å². The van der Waals surface area contributed by atoms with Gasteiger partial charge in [0.25, 0.3) is 0 Å². The molecule has 0 spiro atoms. The van der Waals surface area contributed by atoms with Crippen molar-refractivity contribution in [2.24, 2.45) is 4.99 Å². The summed E-state index contributed by atoms with van der Waals surface area (Å²) in [7, 11) is 0. The second kappa shape index (κ2) is 5.35. The van der Waals surface area contributed by atoms with E-state index in [-0.39, 0.29) is 5.54 Å². The zero-order chi connectivity index (χ0) is 13.2. The van der Waals surface area contributed by atoms with Crippen LogP contribution in [-0.2, 0) is 0 Å². The van der Waals surface area contributed by atoms with E-state index >= 15 is 0 Å². The van der Waals surface area contributed by atoms with Crippen LogP contribution in [-0.4, -0.2) is 16.5 Å². The molecule has 0 aromatic heterocycles. The number of nitrogens with zero attached hydrogens (tertiary/aromatic N) is 1. The van der Waals surface area contributed by atoms with Crippen LogP contribution in [0.5, 0.6) is 0 Å². The van der Waals surface area contributed by atoms with E-state index in [4.69, 9.17) is 4.99 Å². The number of thioether (sulfide) groups is 1. The predicted molar refractivity (Wildman–Crippen MR) is 82.7 cm³/mol. The maximum absolute atomic E-state index is 4.85. The summed E-state index contributed by atoms with van der Waals surface area (Å²) in [5.74, 6) is 1.15. The number of hydrogen-bond acceptors (Lipinski definition) is 3. The van der Waals surface area contributed by atoms with Gasteiger partial charge in [-0.25, -0.2) is 0 Å². The molecule has 18 heavy (non-hydrogen) atoms. The molecule has 1 unspecified atom stereocenters. The highest BCUT2D eigenvalue weighted by atomic mass is 32.2. The number of anilines is 1. The van der Waals surface area contributed by atoms with E-state index in [1.807, 2.05) is 11.8 Å². The average Bonchev–Trinajstić information content (AvgIpc) is 2.34. The topological polar surface area (TPSA) is 24.4 Å². The summed E-state index contributed by atoms with van der Waals surface area (Å²) in [6, 6.07) is 6.48. The van der Waals surface area contributed by atoms with Crippen LogP contribution in [0.2, 0.25) is 0 Å². The fraction of sp³-hybridized carbons (Fsp3) is 0.533. The first kappa shape index (κ1) is 13.5. The number of aliphatic imine (C=N–C) groups is 1. The molecule has 1 aliphatic heterocycles. The second-order valence-electron chi connectivity index (χ2n) is 5.29. The van der Waals surface area contributed by atoms with Gasteiger partial charge in [0.2, 0.25) is 0 Å². The van der Waals surface area contributed by atoms with Gasteiger partial charge in [-0.05, 0) is 56.9 Å². The van der Waals surface area contributed by atoms with E-state index < -0.39 is 0 Å². The summed E-state index contributed by atoms with van der Waals surface area (Å²) in [4.78, 5) is 4.85. The smallest absolute Gasteiger partial charge is 0.161 e. The van der Waals surface area contributed by atoms with Gasteiger partial charge in [-0.3, -0.25) is 4.99 Å². The molecule has 1 atom stereocenters. The highest BCUT2D eigenvalue weighted by Crippen LogP contribution is 2.30. The van der Waals surface area contributed by atoms with Crippen molar-refractivity contribution in [2.75, 3.05) is 11.1 Å². The van der Waals surface area contributed by atoms with Crippen LogP contribution in [0, 0.1) is 13.8 Å². The standard InChI is InChI=1S/C15H22N2S/c1-5-15(4)8-9-18-14(17-15)16-13-7-6-11(2)12(3)10-13/h6-7,10H,5,8-9H2,1-4H3,(H,16,17). The van der Waals surface area contributed by atoms with Gasteiger partial charge in [0.05, 0.1) is 5.54 Å². The van der Waals surface area contributed by atoms with E-state index in [0.717, 1.165) is 23.0 Å². The SMILES string of the molecule is CCC1(C)CCSC(Nc2ccc(C)c(C)c2)=N1. The molecule has 98 valence electrons. The third kappa shape index (κ3) is 3.08. The predicted octanol–water partition coefficient (Wildman–Crippen LogP) is 4.38. The van der Waals surface area contributed by atoms with Crippen molar-refractivity contribution >= 4 is 22.6 Å². The van der Waals surface area contributed by atoms with Gasteiger partial charge in [-0.1, -0.05) is 24.8 Å². The Morgan fingerprint density at radius 1 is 1.33 bits per heavy atom. The first-order chi connectivity index (χ1) is 8.52. The minimum Gasteiger partial charge on any atom is -0.335 e. The first-order valence-electron chi connectivity index (χ1n) is 6.59. The van der Waals surface area contributed by atoms with E-state index in [1.165, 1.54) is 17.5 Å². The molecule has 1 heterocycles. The molecule has 3 heteroatoms. The Morgan fingerprint density at radius 2 is 2.11 bits per heavy atom. The van der Waals surface area contributed by atoms with Gasteiger partial charge in [-0.2, -0.15) is 0 Å². The Labute approximate surface area is 114 Å². The van der Waals surface area contributed by atoms with Crippen LogP contribution >= 0.6 is 11.8 Å². The molecule has 1 aromatic carbocycles. The molecule has 0 aliphatic carbocycles. The van der Waals surface area contributed by atoms with Crippen LogP contribution < -0.4 is 5.32 Å². The van der Waals surface area contributed by atoms with Crippen LogP contribution in [0.1, 0.15) is 37.8 Å². The van der Waals surface area contributed by atoms with Crippen molar-refractivity contribution in [2.45, 2.75) is 46.1 Å². The maximum Gasteiger partial charge on any atom is 0.161 e. The quantitative estimate of drug-likeness (QED) is 0.855. The number of rotatable bonds is 2. The number of nitrogens with one attached hydrogen (secondary N) is 1. The second-order valence-corrected chi connectivity index (χ2v) is 6.37. The summed E-state index contributed by atoms with van der Waals surface area (Å²) in [6.45, 7) is 8.74. The molecule has 2 nitrogen and oxygen atoms in total. The lowest BCUT2D eigenvalue weighted by Gasteiger charge is -2.29. The Hall–Kier alpha value is -0.960. The van der Waals surface area contributed by atoms with E-state index in [9.17, 15) is 0 Å². The molecular weight excluding hydrogens is 240 g/mol. The third-order valence-corrected chi connectivity index (χ3v) is 4.65. The number of hydrogen-bond donors (Lipinski definition) is 1. The molecule has 1 N–H and O–H groups in total. The molecule has 1 aliphatic rings. The van der Waals surface area contributed by atoms with Gasteiger partial charge in [0, 0.05) is 11.4 Å². The van der Waals surface area contributed by atoms with E-state index in [2.05, 4.69) is 51.2 Å². The molecule has 0 amide bonds. The summed E-state index contributed by atoms with van der Waals surface area (Å²) in [5, 5.41) is 4.52. The molecule has 0 fully saturated rings. The lowest BCUT2D eigenvalue weighted by Crippen LogP contribution is -2.29. The maximum atomic E-state index is 4.85. The van der Waals surface area contributed by atoms with Crippen molar-refractivity contribution in [3.05, 3.63) is 29.3 Å². The van der Waals surface area contributed by atoms with Crippen LogP contribution in [0.25, 0.3) is 0 Å². The number of benzene rings is 1. The highest BCUT2D eigenvalue weighted by Gasteiger charge is 2.25. The van der Waals surface area contributed by atoms with Crippen molar-refractivity contribution in [1.82, 2.24) is 0 Å². The van der Waals surface area contributed by atoms with Crippen molar-refractivity contribution in [1.29, 1.82) is 0 Å². The largest absolute Gasteiger partial charge is 0.335 e.